The van der Waals surface area contributed by atoms with Gasteiger partial charge in [0.05, 0.1) is 23.6 Å². The highest BCUT2D eigenvalue weighted by molar-refractivity contribution is 7.92. The fraction of sp³-hybridized carbons (Fsp3) is 0.200. The van der Waals surface area contributed by atoms with Crippen LogP contribution in [-0.2, 0) is 16.6 Å². The van der Waals surface area contributed by atoms with Gasteiger partial charge in [-0.2, -0.15) is 5.26 Å². The Morgan fingerprint density at radius 1 is 1.39 bits per heavy atom. The van der Waals surface area contributed by atoms with Gasteiger partial charge in [-0.3, -0.25) is 9.52 Å². The molecule has 2 aromatic rings. The minimum atomic E-state index is -3.45. The largest absolute Gasteiger partial charge is 0.337 e. The van der Waals surface area contributed by atoms with Gasteiger partial charge in [0.25, 0.3) is 5.91 Å². The number of nitrogens with one attached hydrogen (secondary N) is 1. The maximum atomic E-state index is 12.5. The maximum absolute atomic E-state index is 12.5. The number of anilines is 1. The molecule has 0 unspecified atom stereocenters. The molecule has 0 atom stereocenters. The third-order valence-corrected chi connectivity index (χ3v) is 4.47. The van der Waals surface area contributed by atoms with E-state index in [0.29, 0.717) is 17.0 Å². The lowest BCUT2D eigenvalue weighted by atomic mass is 10.1. The van der Waals surface area contributed by atoms with Gasteiger partial charge < -0.3 is 4.90 Å². The van der Waals surface area contributed by atoms with Crippen molar-refractivity contribution in [2.75, 3.05) is 18.0 Å². The molecule has 1 aromatic heterocycles. The van der Waals surface area contributed by atoms with Crippen molar-refractivity contribution in [1.29, 1.82) is 5.26 Å². The van der Waals surface area contributed by atoms with E-state index >= 15 is 0 Å². The van der Waals surface area contributed by atoms with Crippen LogP contribution in [0.15, 0.2) is 35.7 Å². The van der Waals surface area contributed by atoms with Crippen LogP contribution in [0.5, 0.6) is 0 Å². The molecule has 1 heterocycles. The van der Waals surface area contributed by atoms with E-state index in [1.54, 1.807) is 36.7 Å². The third kappa shape index (κ3) is 4.55. The van der Waals surface area contributed by atoms with Crippen molar-refractivity contribution in [2.45, 2.75) is 6.54 Å². The quantitative estimate of drug-likeness (QED) is 0.896. The highest BCUT2D eigenvalue weighted by Crippen LogP contribution is 2.25. The van der Waals surface area contributed by atoms with Gasteiger partial charge in [0.2, 0.25) is 10.0 Å². The van der Waals surface area contributed by atoms with E-state index in [2.05, 4.69) is 10.8 Å². The fourth-order valence-electron chi connectivity index (χ4n) is 2.01. The average Bonchev–Trinajstić information content (AvgIpc) is 2.92. The molecule has 6 nitrogen and oxygen atoms in total. The van der Waals surface area contributed by atoms with Crippen molar-refractivity contribution >= 4 is 33.0 Å². The Labute approximate surface area is 139 Å². The van der Waals surface area contributed by atoms with Crippen molar-refractivity contribution in [3.63, 3.8) is 0 Å². The first-order valence-electron chi connectivity index (χ1n) is 6.60. The second-order valence-electron chi connectivity index (χ2n) is 5.01. The van der Waals surface area contributed by atoms with Crippen LogP contribution >= 0.6 is 11.3 Å². The first kappa shape index (κ1) is 17.0. The van der Waals surface area contributed by atoms with Crippen LogP contribution < -0.4 is 4.72 Å². The number of nitrogens with zero attached hydrogens (tertiary/aromatic N) is 2. The Balaban J connectivity index is 2.17. The molecule has 0 spiro atoms. The first-order chi connectivity index (χ1) is 10.8. The number of nitriles is 1. The van der Waals surface area contributed by atoms with Crippen molar-refractivity contribution < 1.29 is 13.2 Å². The van der Waals surface area contributed by atoms with Crippen molar-refractivity contribution in [3.05, 3.63) is 51.7 Å². The average molecular weight is 349 g/mol. The molecule has 1 N–H and O–H groups in total. The molecule has 8 heteroatoms. The van der Waals surface area contributed by atoms with Crippen LogP contribution in [0.4, 0.5) is 5.69 Å². The molecule has 0 saturated carbocycles. The zero-order valence-corrected chi connectivity index (χ0v) is 14.2. The van der Waals surface area contributed by atoms with Crippen LogP contribution in [0.1, 0.15) is 20.8 Å². The van der Waals surface area contributed by atoms with Crippen molar-refractivity contribution in [2.24, 2.45) is 0 Å². The summed E-state index contributed by atoms with van der Waals surface area (Å²) < 4.78 is 25.0. The highest BCUT2D eigenvalue weighted by Gasteiger charge is 2.19. The van der Waals surface area contributed by atoms with Gasteiger partial charge >= 0.3 is 0 Å². The molecule has 0 aliphatic rings. The number of sulfonamides is 1. The van der Waals surface area contributed by atoms with Gasteiger partial charge in [0, 0.05) is 13.6 Å². The lowest BCUT2D eigenvalue weighted by Gasteiger charge is -2.17. The van der Waals surface area contributed by atoms with Gasteiger partial charge in [0.15, 0.2) is 0 Å². The first-order valence-corrected chi connectivity index (χ1v) is 9.37. The van der Waals surface area contributed by atoms with Gasteiger partial charge in [-0.05, 0) is 29.1 Å². The Bertz CT molecular complexity index is 866. The molecule has 0 saturated heterocycles. The summed E-state index contributed by atoms with van der Waals surface area (Å²) in [7, 11) is -1.82. The van der Waals surface area contributed by atoms with E-state index in [-0.39, 0.29) is 11.6 Å². The van der Waals surface area contributed by atoms with Crippen molar-refractivity contribution in [3.8, 4) is 6.07 Å². The van der Waals surface area contributed by atoms with Gasteiger partial charge in [0.1, 0.15) is 4.88 Å². The molecule has 0 fully saturated rings. The Morgan fingerprint density at radius 2 is 2.13 bits per heavy atom. The summed E-state index contributed by atoms with van der Waals surface area (Å²) in [6.07, 6.45) is 1.04. The molecule has 1 aromatic carbocycles. The summed E-state index contributed by atoms with van der Waals surface area (Å²) in [6.45, 7) is 0.324. The zero-order chi connectivity index (χ0) is 17.0. The summed E-state index contributed by atoms with van der Waals surface area (Å²) in [5, 5.41) is 10.6. The third-order valence-electron chi connectivity index (χ3n) is 2.98. The van der Waals surface area contributed by atoms with Crippen LogP contribution in [0, 0.1) is 11.3 Å². The summed E-state index contributed by atoms with van der Waals surface area (Å²) in [6, 6.07) is 10.6. The maximum Gasteiger partial charge on any atom is 0.266 e. The minimum Gasteiger partial charge on any atom is -0.337 e. The van der Waals surface area contributed by atoms with Gasteiger partial charge in [-0.1, -0.05) is 12.1 Å². The monoisotopic (exact) mass is 349 g/mol. The van der Waals surface area contributed by atoms with Crippen molar-refractivity contribution in [1.82, 2.24) is 4.90 Å². The summed E-state index contributed by atoms with van der Waals surface area (Å²) in [5.41, 5.74) is 1.63. The lowest BCUT2D eigenvalue weighted by Crippen LogP contribution is -2.26. The van der Waals surface area contributed by atoms with E-state index in [4.69, 9.17) is 5.26 Å². The molecular formula is C15H15N3O3S2. The number of rotatable bonds is 5. The Morgan fingerprint density at radius 3 is 2.78 bits per heavy atom. The lowest BCUT2D eigenvalue weighted by molar-refractivity contribution is 0.0791. The smallest absolute Gasteiger partial charge is 0.266 e. The number of hydrogen-bond donors (Lipinski definition) is 1. The Hall–Kier alpha value is -2.37. The van der Waals surface area contributed by atoms with Gasteiger partial charge in [-0.25, -0.2) is 8.42 Å². The predicted molar refractivity (Wildman–Crippen MR) is 89.7 cm³/mol. The summed E-state index contributed by atoms with van der Waals surface area (Å²) >= 11 is 1.17. The normalized spacial score (nSPS) is 10.8. The number of carbonyl (C=O) groups is 1. The number of amides is 1. The minimum absolute atomic E-state index is 0.278. The number of thiophene rings is 1. The molecule has 23 heavy (non-hydrogen) atoms. The van der Waals surface area contributed by atoms with Gasteiger partial charge in [-0.15, -0.1) is 11.3 Å². The topological polar surface area (TPSA) is 90.3 Å². The molecule has 0 radical (unpaired) electrons. The summed E-state index contributed by atoms with van der Waals surface area (Å²) in [5.74, 6) is -0.284. The second kappa shape index (κ2) is 6.81. The fourth-order valence-corrected chi connectivity index (χ4v) is 3.49. The Kier molecular flexibility index (Phi) is 5.03. The van der Waals surface area contributed by atoms with E-state index in [1.807, 2.05) is 6.07 Å². The second-order valence-corrected chi connectivity index (χ2v) is 7.68. The zero-order valence-electron chi connectivity index (χ0n) is 12.6. The van der Waals surface area contributed by atoms with Crippen LogP contribution in [0.25, 0.3) is 0 Å². The standard InChI is InChI=1S/C15H15N3O3S2/c1-18(10-12-5-3-4-11(8-12)9-16)15(19)14-13(6-7-22-14)17-23(2,20)21/h3-8,17H,10H2,1-2H3. The SMILES string of the molecule is CN(Cc1cccc(C#N)c1)C(=O)c1sccc1NS(C)(=O)=O. The molecule has 120 valence electrons. The van der Waals surface area contributed by atoms with E-state index in [1.165, 1.54) is 16.2 Å². The number of hydrogen-bond acceptors (Lipinski definition) is 5. The van der Waals surface area contributed by atoms with E-state index < -0.39 is 10.0 Å². The highest BCUT2D eigenvalue weighted by atomic mass is 32.2. The number of carbonyl (C=O) groups excluding carboxylic acids is 1. The summed E-state index contributed by atoms with van der Waals surface area (Å²) in [4.78, 5) is 14.3. The van der Waals surface area contributed by atoms with Crippen LogP contribution in [-0.4, -0.2) is 32.5 Å². The number of benzene rings is 1. The van der Waals surface area contributed by atoms with E-state index in [0.717, 1.165) is 11.8 Å². The molecule has 1 amide bonds. The molecule has 2 rings (SSSR count). The molecule has 0 aliphatic carbocycles. The molecular weight excluding hydrogens is 334 g/mol. The van der Waals surface area contributed by atoms with E-state index in [9.17, 15) is 13.2 Å². The predicted octanol–water partition coefficient (Wildman–Crippen LogP) is 2.26. The van der Waals surface area contributed by atoms with Crippen LogP contribution in [0.2, 0.25) is 0 Å². The molecule has 0 bridgehead atoms. The molecule has 0 aliphatic heterocycles. The van der Waals surface area contributed by atoms with Crippen LogP contribution in [0.3, 0.4) is 0 Å².